The summed E-state index contributed by atoms with van der Waals surface area (Å²) in [6.45, 7) is 9.37. The van der Waals surface area contributed by atoms with Crippen LogP contribution in [-0.2, 0) is 33.5 Å². The summed E-state index contributed by atoms with van der Waals surface area (Å²) in [4.78, 5) is 62.7. The molecule has 4 amide bonds. The average Bonchev–Trinajstić information content (AvgIpc) is 3.00. The third-order valence-corrected chi connectivity index (χ3v) is 4.73. The number of hydrogen-bond acceptors (Lipinski definition) is 8. The van der Waals surface area contributed by atoms with Gasteiger partial charge in [-0.1, -0.05) is 40.3 Å². The van der Waals surface area contributed by atoms with Crippen molar-refractivity contribution in [3.63, 3.8) is 0 Å². The van der Waals surface area contributed by atoms with E-state index < -0.39 is 28.4 Å². The Morgan fingerprint density at radius 1 is 0.939 bits per heavy atom. The number of amides is 4. The molecular weight excluding hydrogens is 454 g/mol. The van der Waals surface area contributed by atoms with Crippen molar-refractivity contribution in [3.05, 3.63) is 0 Å². The number of imide groups is 1. The lowest BCUT2D eigenvalue weighted by molar-refractivity contribution is -0.199. The molecule has 188 valence electrons. The van der Waals surface area contributed by atoms with Crippen LogP contribution in [0.2, 0.25) is 0 Å². The summed E-state index contributed by atoms with van der Waals surface area (Å²) in [6.07, 6.45) is 0.266. The van der Waals surface area contributed by atoms with Gasteiger partial charge < -0.3 is 24.9 Å². The van der Waals surface area contributed by atoms with E-state index in [-0.39, 0.29) is 50.2 Å². The van der Waals surface area contributed by atoms with Crippen LogP contribution < -0.4 is 10.6 Å². The van der Waals surface area contributed by atoms with E-state index in [4.69, 9.17) is 14.3 Å². The Hall–Kier alpha value is -2.18. The highest BCUT2D eigenvalue weighted by molar-refractivity contribution is 7.96. The molecule has 1 rings (SSSR count). The van der Waals surface area contributed by atoms with Crippen molar-refractivity contribution in [1.82, 2.24) is 15.7 Å². The van der Waals surface area contributed by atoms with Crippen LogP contribution >= 0.6 is 12.6 Å². The summed E-state index contributed by atoms with van der Waals surface area (Å²) in [7, 11) is 0. The molecule has 0 unspecified atom stereocenters. The molecule has 0 aromatic rings. The molecule has 1 aliphatic heterocycles. The molecule has 11 nitrogen and oxygen atoms in total. The lowest BCUT2D eigenvalue weighted by Gasteiger charge is -2.29. The normalized spacial score (nSPS) is 14.4. The smallest absolute Gasteiger partial charge is 0.333 e. The fourth-order valence-electron chi connectivity index (χ4n) is 2.81. The first kappa shape index (κ1) is 28.9. The molecule has 0 saturated carbocycles. The second kappa shape index (κ2) is 13.5. The number of thiol groups is 1. The van der Waals surface area contributed by atoms with Gasteiger partial charge in [0.15, 0.2) is 0 Å². The summed E-state index contributed by atoms with van der Waals surface area (Å²) in [5.74, 6) is -1.86. The third kappa shape index (κ3) is 12.6. The van der Waals surface area contributed by atoms with Gasteiger partial charge in [-0.3, -0.25) is 19.2 Å². The molecular formula is C21H35N3O8S. The van der Waals surface area contributed by atoms with Crippen molar-refractivity contribution < 1.29 is 38.3 Å². The molecule has 1 aliphatic rings. The van der Waals surface area contributed by atoms with Crippen LogP contribution in [0.4, 0.5) is 4.79 Å². The summed E-state index contributed by atoms with van der Waals surface area (Å²) in [5, 5.41) is 5.41. The SMILES string of the molecule is CC(C)(CNC(=O)CCOCCNC(=O)S)COCC(C)(C)CC(=O)ON1C(=O)CCC1=O. The Bertz CT molecular complexity index is 710. The quantitative estimate of drug-likeness (QED) is 0.177. The van der Waals surface area contributed by atoms with E-state index in [1.807, 2.05) is 27.7 Å². The van der Waals surface area contributed by atoms with E-state index in [1.165, 1.54) is 0 Å². The van der Waals surface area contributed by atoms with Gasteiger partial charge in [0.25, 0.3) is 17.1 Å². The predicted molar refractivity (Wildman–Crippen MR) is 121 cm³/mol. The molecule has 12 heteroatoms. The molecule has 1 heterocycles. The van der Waals surface area contributed by atoms with Gasteiger partial charge in [0.1, 0.15) is 0 Å². The highest BCUT2D eigenvalue weighted by Crippen LogP contribution is 2.24. The zero-order valence-electron chi connectivity index (χ0n) is 19.7. The molecule has 0 atom stereocenters. The molecule has 0 spiro atoms. The van der Waals surface area contributed by atoms with E-state index in [9.17, 15) is 24.0 Å². The van der Waals surface area contributed by atoms with Crippen molar-refractivity contribution in [3.8, 4) is 0 Å². The molecule has 0 aromatic heterocycles. The summed E-state index contributed by atoms with van der Waals surface area (Å²) in [6, 6.07) is 0. The van der Waals surface area contributed by atoms with Crippen LogP contribution in [0.25, 0.3) is 0 Å². The highest BCUT2D eigenvalue weighted by atomic mass is 32.1. The first-order chi connectivity index (χ1) is 15.3. The van der Waals surface area contributed by atoms with Crippen LogP contribution in [0.15, 0.2) is 0 Å². The van der Waals surface area contributed by atoms with E-state index in [0.717, 1.165) is 0 Å². The van der Waals surface area contributed by atoms with Gasteiger partial charge in [0.05, 0.1) is 32.8 Å². The van der Waals surface area contributed by atoms with Gasteiger partial charge in [-0.15, -0.1) is 5.06 Å². The average molecular weight is 490 g/mol. The Balaban J connectivity index is 2.24. The lowest BCUT2D eigenvalue weighted by atomic mass is 9.90. The predicted octanol–water partition coefficient (Wildman–Crippen LogP) is 1.22. The first-order valence-electron chi connectivity index (χ1n) is 10.8. The maximum absolute atomic E-state index is 12.1. The summed E-state index contributed by atoms with van der Waals surface area (Å²) < 4.78 is 11.0. The Labute approximate surface area is 199 Å². The second-order valence-electron chi connectivity index (χ2n) is 9.41. The van der Waals surface area contributed by atoms with E-state index in [2.05, 4.69) is 23.3 Å². The van der Waals surface area contributed by atoms with E-state index in [1.54, 1.807) is 0 Å². The summed E-state index contributed by atoms with van der Waals surface area (Å²) in [5.41, 5.74) is -0.926. The molecule has 0 bridgehead atoms. The van der Waals surface area contributed by atoms with Crippen molar-refractivity contribution >= 4 is 41.6 Å². The van der Waals surface area contributed by atoms with Crippen LogP contribution in [0.5, 0.6) is 0 Å². The Morgan fingerprint density at radius 3 is 2.15 bits per heavy atom. The number of nitrogens with zero attached hydrogens (tertiary/aromatic N) is 1. The van der Waals surface area contributed by atoms with Gasteiger partial charge in [-0.2, -0.15) is 0 Å². The minimum absolute atomic E-state index is 0.0289. The zero-order valence-corrected chi connectivity index (χ0v) is 20.6. The number of ether oxygens (including phenoxy) is 2. The molecule has 0 aromatic carbocycles. The Morgan fingerprint density at radius 2 is 1.55 bits per heavy atom. The van der Waals surface area contributed by atoms with Gasteiger partial charge in [-0.05, 0) is 5.41 Å². The van der Waals surface area contributed by atoms with Gasteiger partial charge in [0, 0.05) is 37.8 Å². The third-order valence-electron chi connectivity index (χ3n) is 4.57. The minimum Gasteiger partial charge on any atom is -0.380 e. The fourth-order valence-corrected chi connectivity index (χ4v) is 2.92. The maximum Gasteiger partial charge on any atom is 0.333 e. The van der Waals surface area contributed by atoms with Crippen molar-refractivity contribution in [2.45, 2.75) is 53.4 Å². The van der Waals surface area contributed by atoms with Crippen LogP contribution in [0.1, 0.15) is 53.4 Å². The van der Waals surface area contributed by atoms with Gasteiger partial charge in [0.2, 0.25) is 5.91 Å². The summed E-state index contributed by atoms with van der Waals surface area (Å²) >= 11 is 3.57. The lowest BCUT2D eigenvalue weighted by Crippen LogP contribution is -2.38. The van der Waals surface area contributed by atoms with Crippen LogP contribution in [-0.4, -0.2) is 73.5 Å². The molecule has 2 N–H and O–H groups in total. The second-order valence-corrected chi connectivity index (χ2v) is 9.82. The van der Waals surface area contributed by atoms with Crippen molar-refractivity contribution in [2.75, 3.05) is 39.5 Å². The molecule has 0 aliphatic carbocycles. The number of nitrogens with one attached hydrogen (secondary N) is 2. The van der Waals surface area contributed by atoms with Crippen molar-refractivity contribution in [1.29, 1.82) is 0 Å². The number of rotatable bonds is 15. The molecule has 1 fully saturated rings. The van der Waals surface area contributed by atoms with Gasteiger partial charge in [-0.25, -0.2) is 4.79 Å². The van der Waals surface area contributed by atoms with Crippen LogP contribution in [0.3, 0.4) is 0 Å². The number of hydrogen-bond donors (Lipinski definition) is 3. The van der Waals surface area contributed by atoms with E-state index in [0.29, 0.717) is 31.4 Å². The molecule has 33 heavy (non-hydrogen) atoms. The number of carbonyl (C=O) groups is 5. The zero-order chi connectivity index (χ0) is 25.1. The first-order valence-corrected chi connectivity index (χ1v) is 11.2. The standard InChI is InChI=1S/C21H35N3O8S/c1-20(2,11-18(28)32-24-16(26)5-6-17(24)27)13-31-14-21(3,4)12-23-15(25)7-9-30-10-8-22-19(29)33/h5-14H2,1-4H3,(H,23,25)(H2,22,29,33). The minimum atomic E-state index is -0.672. The number of carbonyl (C=O) groups excluding carboxylic acids is 5. The maximum atomic E-state index is 12.1. The Kier molecular flexibility index (Phi) is 11.8. The highest BCUT2D eigenvalue weighted by Gasteiger charge is 2.34. The monoisotopic (exact) mass is 489 g/mol. The topological polar surface area (TPSA) is 140 Å². The van der Waals surface area contributed by atoms with Crippen LogP contribution in [0, 0.1) is 10.8 Å². The fraction of sp³-hybridized carbons (Fsp3) is 0.762. The van der Waals surface area contributed by atoms with Crippen molar-refractivity contribution in [2.24, 2.45) is 10.8 Å². The largest absolute Gasteiger partial charge is 0.380 e. The molecule has 0 radical (unpaired) electrons. The van der Waals surface area contributed by atoms with E-state index >= 15 is 0 Å². The number of hydroxylamine groups is 2. The molecule has 1 saturated heterocycles. The van der Waals surface area contributed by atoms with Gasteiger partial charge >= 0.3 is 5.97 Å².